The summed E-state index contributed by atoms with van der Waals surface area (Å²) in [6, 6.07) is 17.3. The Hall–Kier alpha value is -2.58. The Morgan fingerprint density at radius 2 is 1.58 bits per heavy atom. The van der Waals surface area contributed by atoms with Crippen molar-refractivity contribution in [1.82, 2.24) is 4.40 Å². The topological polar surface area (TPSA) is 21.5 Å². The summed E-state index contributed by atoms with van der Waals surface area (Å²) >= 11 is 5.95. The molecule has 0 atom stereocenters. The van der Waals surface area contributed by atoms with Crippen LogP contribution in [0, 0.1) is 13.8 Å². The molecule has 0 unspecified atom stereocenters. The molecule has 2 heterocycles. The van der Waals surface area contributed by atoms with E-state index in [1.165, 1.54) is 11.1 Å². The Bertz CT molecular complexity index is 1090. The number of benzene rings is 2. The summed E-state index contributed by atoms with van der Waals surface area (Å²) in [5, 5.41) is 2.73. The van der Waals surface area contributed by atoms with Crippen LogP contribution in [0.4, 0.5) is 0 Å². The van der Waals surface area contributed by atoms with Crippen molar-refractivity contribution in [2.24, 2.45) is 0 Å². The van der Waals surface area contributed by atoms with Crippen LogP contribution in [-0.2, 0) is 0 Å². The molecule has 2 aromatic carbocycles. The summed E-state index contributed by atoms with van der Waals surface area (Å²) in [6.07, 6.45) is 1.95. The first-order chi connectivity index (χ1) is 11.6. The van der Waals surface area contributed by atoms with Crippen LogP contribution in [0.1, 0.15) is 27.2 Å². The summed E-state index contributed by atoms with van der Waals surface area (Å²) in [7, 11) is 0. The largest absolute Gasteiger partial charge is 0.313 e. The van der Waals surface area contributed by atoms with Gasteiger partial charge in [-0.25, -0.2) is 0 Å². The number of pyridine rings is 1. The zero-order valence-corrected chi connectivity index (χ0v) is 14.3. The van der Waals surface area contributed by atoms with E-state index in [4.69, 9.17) is 11.6 Å². The molecular weight excluding hydrogens is 318 g/mol. The van der Waals surface area contributed by atoms with E-state index in [0.29, 0.717) is 16.3 Å². The van der Waals surface area contributed by atoms with Crippen LogP contribution in [0.15, 0.2) is 60.8 Å². The van der Waals surface area contributed by atoms with Crippen molar-refractivity contribution in [1.29, 1.82) is 0 Å². The van der Waals surface area contributed by atoms with Gasteiger partial charge in [-0.05, 0) is 73.5 Å². The van der Waals surface area contributed by atoms with Crippen LogP contribution in [-0.4, -0.2) is 10.2 Å². The van der Waals surface area contributed by atoms with Crippen molar-refractivity contribution in [2.75, 3.05) is 0 Å². The van der Waals surface area contributed by atoms with Crippen molar-refractivity contribution in [3.05, 3.63) is 88.2 Å². The Kier molecular flexibility index (Phi) is 3.43. The van der Waals surface area contributed by atoms with Gasteiger partial charge < -0.3 is 4.40 Å². The predicted molar refractivity (Wildman–Crippen MR) is 99.3 cm³/mol. The minimum Gasteiger partial charge on any atom is -0.313 e. The standard InChI is InChI=1S/C21H16ClNO/c1-13-11-17-18(12-14(13)2)20(23-10-4-3-5-19(17)23)21(24)15-6-8-16(22)9-7-15/h3-12H,1-2H3. The smallest absolute Gasteiger partial charge is 0.210 e. The van der Waals surface area contributed by atoms with E-state index in [-0.39, 0.29) is 5.78 Å². The normalized spacial score (nSPS) is 11.3. The highest BCUT2D eigenvalue weighted by Gasteiger charge is 2.19. The van der Waals surface area contributed by atoms with Gasteiger partial charge in [0.25, 0.3) is 0 Å². The highest BCUT2D eigenvalue weighted by Crippen LogP contribution is 2.31. The minimum absolute atomic E-state index is 0.00567. The highest BCUT2D eigenvalue weighted by molar-refractivity contribution is 6.30. The van der Waals surface area contributed by atoms with E-state index in [0.717, 1.165) is 16.3 Å². The molecule has 24 heavy (non-hydrogen) atoms. The van der Waals surface area contributed by atoms with Crippen LogP contribution in [0.5, 0.6) is 0 Å². The number of carbonyl (C=O) groups excluding carboxylic acids is 1. The maximum atomic E-state index is 13.2. The number of hydrogen-bond donors (Lipinski definition) is 0. The fraction of sp³-hybridized carbons (Fsp3) is 0.0952. The molecule has 0 N–H and O–H groups in total. The number of fused-ring (bicyclic) bond motifs is 3. The molecular formula is C21H16ClNO. The van der Waals surface area contributed by atoms with E-state index < -0.39 is 0 Å². The van der Waals surface area contributed by atoms with E-state index in [1.54, 1.807) is 24.3 Å². The van der Waals surface area contributed by atoms with E-state index in [9.17, 15) is 4.79 Å². The lowest BCUT2D eigenvalue weighted by atomic mass is 10.0. The molecule has 3 heteroatoms. The lowest BCUT2D eigenvalue weighted by Crippen LogP contribution is -2.05. The average Bonchev–Trinajstić information content (AvgIpc) is 2.89. The molecule has 0 bridgehead atoms. The molecule has 2 aromatic heterocycles. The number of hydrogen-bond acceptors (Lipinski definition) is 1. The Labute approximate surface area is 145 Å². The lowest BCUT2D eigenvalue weighted by Gasteiger charge is -2.04. The van der Waals surface area contributed by atoms with Gasteiger partial charge in [0.15, 0.2) is 0 Å². The second-order valence-electron chi connectivity index (χ2n) is 6.12. The molecule has 0 saturated carbocycles. The van der Waals surface area contributed by atoms with Gasteiger partial charge >= 0.3 is 0 Å². The number of halogens is 1. The molecule has 0 fully saturated rings. The predicted octanol–water partition coefficient (Wildman–Crippen LogP) is 5.59. The van der Waals surface area contributed by atoms with Crippen molar-refractivity contribution in [3.8, 4) is 0 Å². The Morgan fingerprint density at radius 3 is 2.29 bits per heavy atom. The lowest BCUT2D eigenvalue weighted by molar-refractivity contribution is 0.103. The second kappa shape index (κ2) is 5.50. The number of aromatic nitrogens is 1. The summed E-state index contributed by atoms with van der Waals surface area (Å²) in [5.41, 5.74) is 4.80. The third kappa shape index (κ3) is 2.22. The van der Waals surface area contributed by atoms with Crippen molar-refractivity contribution < 1.29 is 4.79 Å². The minimum atomic E-state index is 0.00567. The van der Waals surface area contributed by atoms with Crippen LogP contribution >= 0.6 is 11.6 Å². The van der Waals surface area contributed by atoms with Gasteiger partial charge in [-0.3, -0.25) is 4.79 Å². The molecule has 0 aliphatic carbocycles. The molecule has 0 saturated heterocycles. The summed E-state index contributed by atoms with van der Waals surface area (Å²) in [5.74, 6) is 0.00567. The first kappa shape index (κ1) is 15.0. The van der Waals surface area contributed by atoms with Crippen LogP contribution in [0.2, 0.25) is 5.02 Å². The first-order valence-electron chi connectivity index (χ1n) is 7.86. The molecule has 118 valence electrons. The third-order valence-electron chi connectivity index (χ3n) is 4.59. The third-order valence-corrected chi connectivity index (χ3v) is 4.84. The summed E-state index contributed by atoms with van der Waals surface area (Å²) in [4.78, 5) is 13.2. The average molecular weight is 334 g/mol. The van der Waals surface area contributed by atoms with Gasteiger partial charge in [0.2, 0.25) is 5.78 Å². The molecule has 0 aliphatic rings. The van der Waals surface area contributed by atoms with Gasteiger partial charge in [-0.2, -0.15) is 0 Å². The van der Waals surface area contributed by atoms with Gasteiger partial charge in [-0.1, -0.05) is 17.7 Å². The van der Waals surface area contributed by atoms with Gasteiger partial charge in [0, 0.05) is 27.6 Å². The van der Waals surface area contributed by atoms with Crippen LogP contribution in [0.3, 0.4) is 0 Å². The van der Waals surface area contributed by atoms with Crippen molar-refractivity contribution >= 4 is 33.7 Å². The highest BCUT2D eigenvalue weighted by atomic mass is 35.5. The second-order valence-corrected chi connectivity index (χ2v) is 6.56. The quantitative estimate of drug-likeness (QED) is 0.438. The van der Waals surface area contributed by atoms with Crippen molar-refractivity contribution in [2.45, 2.75) is 13.8 Å². The zero-order chi connectivity index (χ0) is 16.8. The summed E-state index contributed by atoms with van der Waals surface area (Å²) in [6.45, 7) is 4.18. The molecule has 4 rings (SSSR count). The molecule has 0 radical (unpaired) electrons. The van der Waals surface area contributed by atoms with E-state index in [1.807, 2.05) is 22.7 Å². The SMILES string of the molecule is Cc1cc2c(C(=O)c3ccc(Cl)cc3)n3ccccc3c2cc1C. The summed E-state index contributed by atoms with van der Waals surface area (Å²) < 4.78 is 1.99. The monoisotopic (exact) mass is 333 g/mol. The zero-order valence-electron chi connectivity index (χ0n) is 13.5. The molecule has 0 spiro atoms. The number of carbonyl (C=O) groups is 1. The Balaban J connectivity index is 2.07. The number of aryl methyl sites for hydroxylation is 2. The van der Waals surface area contributed by atoms with Crippen molar-refractivity contribution in [3.63, 3.8) is 0 Å². The number of ketones is 1. The van der Waals surface area contributed by atoms with Crippen LogP contribution < -0.4 is 0 Å². The maximum absolute atomic E-state index is 13.2. The van der Waals surface area contributed by atoms with Gasteiger partial charge in [0.05, 0.1) is 5.52 Å². The van der Waals surface area contributed by atoms with E-state index in [2.05, 4.69) is 32.0 Å². The van der Waals surface area contributed by atoms with Gasteiger partial charge in [0.1, 0.15) is 5.69 Å². The van der Waals surface area contributed by atoms with Crippen LogP contribution in [0.25, 0.3) is 16.3 Å². The fourth-order valence-corrected chi connectivity index (χ4v) is 3.31. The molecule has 2 nitrogen and oxygen atoms in total. The number of nitrogens with zero attached hydrogens (tertiary/aromatic N) is 1. The first-order valence-corrected chi connectivity index (χ1v) is 8.24. The molecule has 0 amide bonds. The maximum Gasteiger partial charge on any atom is 0.210 e. The number of rotatable bonds is 2. The molecule has 4 aromatic rings. The molecule has 0 aliphatic heterocycles. The Morgan fingerprint density at radius 1 is 0.917 bits per heavy atom. The van der Waals surface area contributed by atoms with Gasteiger partial charge in [-0.15, -0.1) is 0 Å². The van der Waals surface area contributed by atoms with E-state index >= 15 is 0 Å². The fourth-order valence-electron chi connectivity index (χ4n) is 3.18.